The highest BCUT2D eigenvalue weighted by Gasteiger charge is 2.16. The van der Waals surface area contributed by atoms with Crippen LogP contribution in [0, 0.1) is 5.92 Å². The molecule has 7 nitrogen and oxygen atoms in total. The smallest absolute Gasteiger partial charge is 0.255 e. The third-order valence-corrected chi connectivity index (χ3v) is 2.86. The van der Waals surface area contributed by atoms with Crippen LogP contribution in [0.4, 0.5) is 5.69 Å². The Morgan fingerprint density at radius 1 is 1.27 bits per heavy atom. The maximum Gasteiger partial charge on any atom is 0.255 e. The Morgan fingerprint density at radius 2 is 1.95 bits per heavy atom. The van der Waals surface area contributed by atoms with Gasteiger partial charge in [-0.05, 0) is 24.5 Å². The summed E-state index contributed by atoms with van der Waals surface area (Å²) in [6.07, 6.45) is 0.590. The molecule has 0 unspecified atom stereocenters. The molecule has 2 amide bonds. The van der Waals surface area contributed by atoms with Gasteiger partial charge in [-0.1, -0.05) is 13.8 Å². The summed E-state index contributed by atoms with van der Waals surface area (Å²) >= 11 is 0. The van der Waals surface area contributed by atoms with Crippen molar-refractivity contribution >= 4 is 17.5 Å². The molecule has 7 heteroatoms. The number of amides is 2. The average molecular weight is 309 g/mol. The summed E-state index contributed by atoms with van der Waals surface area (Å²) in [5.74, 6) is 0.198. The maximum absolute atomic E-state index is 12.0. The van der Waals surface area contributed by atoms with Crippen LogP contribution in [-0.2, 0) is 9.59 Å². The van der Waals surface area contributed by atoms with Crippen molar-refractivity contribution in [2.45, 2.75) is 26.3 Å². The van der Waals surface area contributed by atoms with Crippen LogP contribution in [0.5, 0.6) is 11.5 Å². The molecule has 0 radical (unpaired) electrons. The van der Waals surface area contributed by atoms with Crippen molar-refractivity contribution in [2.75, 3.05) is 19.0 Å². The minimum absolute atomic E-state index is 0.277. The van der Waals surface area contributed by atoms with Crippen molar-refractivity contribution in [2.24, 2.45) is 17.4 Å². The zero-order valence-corrected chi connectivity index (χ0v) is 13.1. The van der Waals surface area contributed by atoms with Crippen LogP contribution < -0.4 is 26.3 Å². The van der Waals surface area contributed by atoms with Crippen LogP contribution in [0.3, 0.4) is 0 Å². The second kappa shape index (κ2) is 8.23. The van der Waals surface area contributed by atoms with Crippen LogP contribution in [0.25, 0.3) is 0 Å². The molecule has 0 aliphatic rings. The number of anilines is 1. The average Bonchev–Trinajstić information content (AvgIpc) is 2.44. The van der Waals surface area contributed by atoms with Gasteiger partial charge in [0.15, 0.2) is 18.1 Å². The first-order valence-corrected chi connectivity index (χ1v) is 6.99. The number of rotatable bonds is 8. The number of methoxy groups -OCH3 is 1. The number of carbonyl (C=O) groups excluding carboxylic acids is 2. The van der Waals surface area contributed by atoms with Crippen molar-refractivity contribution < 1.29 is 19.1 Å². The molecule has 0 aliphatic carbocycles. The van der Waals surface area contributed by atoms with Gasteiger partial charge in [-0.2, -0.15) is 0 Å². The van der Waals surface area contributed by atoms with Crippen molar-refractivity contribution in [3.63, 3.8) is 0 Å². The van der Waals surface area contributed by atoms with Crippen LogP contribution in [0.2, 0.25) is 0 Å². The molecular weight excluding hydrogens is 286 g/mol. The van der Waals surface area contributed by atoms with Gasteiger partial charge in [0.1, 0.15) is 0 Å². The summed E-state index contributed by atoms with van der Waals surface area (Å²) in [5, 5.41) is 2.71. The highest BCUT2D eigenvalue weighted by atomic mass is 16.5. The molecule has 0 saturated carbocycles. The van der Waals surface area contributed by atoms with Gasteiger partial charge in [-0.15, -0.1) is 0 Å². The molecule has 0 aromatic heterocycles. The first-order valence-electron chi connectivity index (χ1n) is 6.99. The second-order valence-corrected chi connectivity index (χ2v) is 5.35. The molecule has 0 saturated heterocycles. The van der Waals surface area contributed by atoms with Crippen molar-refractivity contribution in [1.82, 2.24) is 0 Å². The predicted molar refractivity (Wildman–Crippen MR) is 83.7 cm³/mol. The van der Waals surface area contributed by atoms with E-state index >= 15 is 0 Å². The third-order valence-electron chi connectivity index (χ3n) is 2.86. The minimum Gasteiger partial charge on any atom is -0.493 e. The molecule has 22 heavy (non-hydrogen) atoms. The van der Waals surface area contributed by atoms with E-state index in [1.54, 1.807) is 18.2 Å². The van der Waals surface area contributed by atoms with Gasteiger partial charge < -0.3 is 26.3 Å². The van der Waals surface area contributed by atoms with Gasteiger partial charge in [0.2, 0.25) is 5.91 Å². The number of nitrogens with two attached hydrogens (primary N) is 2. The van der Waals surface area contributed by atoms with Gasteiger partial charge in [0, 0.05) is 11.8 Å². The summed E-state index contributed by atoms with van der Waals surface area (Å²) in [4.78, 5) is 22.8. The fourth-order valence-corrected chi connectivity index (χ4v) is 1.87. The normalized spacial score (nSPS) is 11.9. The number of hydrogen-bond acceptors (Lipinski definition) is 5. The second-order valence-electron chi connectivity index (χ2n) is 5.35. The fraction of sp³-hybridized carbons (Fsp3) is 0.467. The lowest BCUT2D eigenvalue weighted by atomic mass is 10.0. The van der Waals surface area contributed by atoms with Gasteiger partial charge in [0.25, 0.3) is 5.91 Å². The summed E-state index contributed by atoms with van der Waals surface area (Å²) in [5.41, 5.74) is 11.4. The SMILES string of the molecule is COc1ccc(NC(=O)[C@@H](N)CC(C)C)cc1OCC(N)=O. The molecule has 1 atom stereocenters. The Balaban J connectivity index is 2.80. The van der Waals surface area contributed by atoms with Crippen LogP contribution in [0.15, 0.2) is 18.2 Å². The molecule has 0 spiro atoms. The molecule has 5 N–H and O–H groups in total. The highest BCUT2D eigenvalue weighted by Crippen LogP contribution is 2.30. The van der Waals surface area contributed by atoms with Gasteiger partial charge in [-0.25, -0.2) is 0 Å². The largest absolute Gasteiger partial charge is 0.493 e. The Hall–Kier alpha value is -2.28. The van der Waals surface area contributed by atoms with Crippen LogP contribution >= 0.6 is 0 Å². The third kappa shape index (κ3) is 5.61. The highest BCUT2D eigenvalue weighted by molar-refractivity contribution is 5.95. The number of benzene rings is 1. The lowest BCUT2D eigenvalue weighted by molar-refractivity contribution is -0.120. The monoisotopic (exact) mass is 309 g/mol. The van der Waals surface area contributed by atoms with Gasteiger partial charge >= 0.3 is 0 Å². The Kier molecular flexibility index (Phi) is 6.65. The maximum atomic E-state index is 12.0. The number of hydrogen-bond donors (Lipinski definition) is 3. The van der Waals surface area contributed by atoms with E-state index in [1.807, 2.05) is 13.8 Å². The summed E-state index contributed by atoms with van der Waals surface area (Å²) in [7, 11) is 1.48. The van der Waals surface area contributed by atoms with Gasteiger partial charge in [-0.3, -0.25) is 9.59 Å². The molecule has 0 fully saturated rings. The molecule has 122 valence electrons. The van der Waals surface area contributed by atoms with Crippen molar-refractivity contribution in [3.8, 4) is 11.5 Å². The number of carbonyl (C=O) groups is 2. The first-order chi connectivity index (χ1) is 10.3. The summed E-state index contributed by atoms with van der Waals surface area (Å²) in [6, 6.07) is 4.26. The van der Waals surface area contributed by atoms with E-state index in [0.717, 1.165) is 0 Å². The molecular formula is C15H23N3O4. The standard InChI is InChI=1S/C15H23N3O4/c1-9(2)6-11(16)15(20)18-10-4-5-12(21-3)13(7-10)22-8-14(17)19/h4-5,7,9,11H,6,8,16H2,1-3H3,(H2,17,19)(H,18,20)/t11-/m0/s1. The quantitative estimate of drug-likeness (QED) is 0.659. The number of primary amides is 1. The lowest BCUT2D eigenvalue weighted by Gasteiger charge is -2.15. The van der Waals surface area contributed by atoms with E-state index in [9.17, 15) is 9.59 Å². The Morgan fingerprint density at radius 3 is 2.50 bits per heavy atom. The lowest BCUT2D eigenvalue weighted by Crippen LogP contribution is -2.36. The van der Waals surface area contributed by atoms with E-state index in [2.05, 4.69) is 5.32 Å². The topological polar surface area (TPSA) is 117 Å². The molecule has 0 aliphatic heterocycles. The van der Waals surface area contributed by atoms with E-state index in [0.29, 0.717) is 29.5 Å². The molecule has 0 heterocycles. The van der Waals surface area contributed by atoms with E-state index in [-0.39, 0.29) is 12.5 Å². The predicted octanol–water partition coefficient (Wildman–Crippen LogP) is 0.871. The Labute approximate surface area is 129 Å². The van der Waals surface area contributed by atoms with Crippen molar-refractivity contribution in [1.29, 1.82) is 0 Å². The minimum atomic E-state index is -0.601. The molecule has 1 aromatic rings. The van der Waals surface area contributed by atoms with Crippen LogP contribution in [0.1, 0.15) is 20.3 Å². The molecule has 1 rings (SSSR count). The van der Waals surface area contributed by atoms with Crippen LogP contribution in [-0.4, -0.2) is 31.6 Å². The van der Waals surface area contributed by atoms with Gasteiger partial charge in [0.05, 0.1) is 13.2 Å². The molecule has 1 aromatic carbocycles. The number of ether oxygens (including phenoxy) is 2. The Bertz CT molecular complexity index is 532. The number of nitrogens with one attached hydrogen (secondary N) is 1. The zero-order chi connectivity index (χ0) is 16.7. The van der Waals surface area contributed by atoms with E-state index < -0.39 is 11.9 Å². The summed E-state index contributed by atoms with van der Waals surface area (Å²) in [6.45, 7) is 3.72. The van der Waals surface area contributed by atoms with E-state index in [1.165, 1.54) is 7.11 Å². The zero-order valence-electron chi connectivity index (χ0n) is 13.1. The first kappa shape index (κ1) is 17.8. The molecule has 0 bridgehead atoms. The summed E-state index contributed by atoms with van der Waals surface area (Å²) < 4.78 is 10.4. The fourth-order valence-electron chi connectivity index (χ4n) is 1.87. The van der Waals surface area contributed by atoms with E-state index in [4.69, 9.17) is 20.9 Å². The van der Waals surface area contributed by atoms with Crippen molar-refractivity contribution in [3.05, 3.63) is 18.2 Å².